The van der Waals surface area contributed by atoms with E-state index in [-0.39, 0.29) is 12.0 Å². The Hall–Kier alpha value is -3.36. The van der Waals surface area contributed by atoms with E-state index in [1.165, 1.54) is 12.1 Å². The molecule has 0 saturated carbocycles. The number of nitrogens with zero attached hydrogens (tertiary/aromatic N) is 5. The van der Waals surface area contributed by atoms with Gasteiger partial charge in [0.15, 0.2) is 0 Å². The van der Waals surface area contributed by atoms with Crippen molar-refractivity contribution in [3.05, 3.63) is 70.6 Å². The van der Waals surface area contributed by atoms with Crippen molar-refractivity contribution in [1.82, 2.24) is 4.98 Å². The van der Waals surface area contributed by atoms with Gasteiger partial charge in [-0.1, -0.05) is 12.1 Å². The van der Waals surface area contributed by atoms with Gasteiger partial charge in [0.1, 0.15) is 11.6 Å². The number of carboxylic acid groups (broad SMARTS) is 1. The number of hydrogen-bond acceptors (Lipinski definition) is 6. The fourth-order valence-corrected chi connectivity index (χ4v) is 3.65. The first-order valence-electron chi connectivity index (χ1n) is 8.06. The SMILES string of the molecule is Cc1ccnc2c1CC(c1ccc(F)cc1F)(C1(C(=O)O)N=NN=N1)C=C2. The third kappa shape index (κ3) is 2.31. The van der Waals surface area contributed by atoms with Crippen LogP contribution in [0.2, 0.25) is 0 Å². The Morgan fingerprint density at radius 3 is 2.59 bits per heavy atom. The lowest BCUT2D eigenvalue weighted by atomic mass is 9.63. The molecule has 1 aromatic carbocycles. The molecule has 7 nitrogen and oxygen atoms in total. The smallest absolute Gasteiger partial charge is 0.359 e. The van der Waals surface area contributed by atoms with Crippen molar-refractivity contribution in [1.29, 1.82) is 0 Å². The van der Waals surface area contributed by atoms with E-state index in [9.17, 15) is 18.7 Å². The molecule has 2 aliphatic rings. The van der Waals surface area contributed by atoms with Crippen LogP contribution in [0.15, 0.2) is 57.2 Å². The lowest BCUT2D eigenvalue weighted by molar-refractivity contribution is -0.145. The summed E-state index contributed by atoms with van der Waals surface area (Å²) in [5.41, 5.74) is -1.65. The molecule has 0 bridgehead atoms. The number of pyridine rings is 1. The maximum atomic E-state index is 14.8. The maximum absolute atomic E-state index is 14.8. The third-order valence-electron chi connectivity index (χ3n) is 5.06. The molecule has 1 atom stereocenters. The zero-order chi connectivity index (χ0) is 19.2. The number of aliphatic carboxylic acids is 1. The number of benzene rings is 1. The molecule has 0 spiro atoms. The van der Waals surface area contributed by atoms with E-state index in [4.69, 9.17) is 0 Å². The molecule has 0 amide bonds. The van der Waals surface area contributed by atoms with Gasteiger partial charge in [-0.3, -0.25) is 4.98 Å². The summed E-state index contributed by atoms with van der Waals surface area (Å²) in [5, 5.41) is 24.3. The van der Waals surface area contributed by atoms with Crippen LogP contribution in [-0.4, -0.2) is 21.7 Å². The largest absolute Gasteiger partial charge is 0.478 e. The number of fused-ring (bicyclic) bond motifs is 1. The molecule has 4 rings (SSSR count). The van der Waals surface area contributed by atoms with Gasteiger partial charge in [-0.2, -0.15) is 0 Å². The summed E-state index contributed by atoms with van der Waals surface area (Å²) in [6, 6.07) is 4.75. The second-order valence-electron chi connectivity index (χ2n) is 6.45. The molecular weight excluding hydrogens is 356 g/mol. The fourth-order valence-electron chi connectivity index (χ4n) is 3.65. The minimum Gasteiger partial charge on any atom is -0.478 e. The van der Waals surface area contributed by atoms with Crippen molar-refractivity contribution in [2.45, 2.75) is 24.4 Å². The van der Waals surface area contributed by atoms with E-state index in [1.807, 2.05) is 6.92 Å². The van der Waals surface area contributed by atoms with Gasteiger partial charge < -0.3 is 5.11 Å². The van der Waals surface area contributed by atoms with Gasteiger partial charge >= 0.3 is 11.6 Å². The highest BCUT2D eigenvalue weighted by Gasteiger charge is 2.62. The number of rotatable bonds is 3. The van der Waals surface area contributed by atoms with Crippen molar-refractivity contribution in [2.75, 3.05) is 0 Å². The van der Waals surface area contributed by atoms with Crippen LogP contribution in [0.25, 0.3) is 6.08 Å². The van der Waals surface area contributed by atoms with Crippen LogP contribution in [0.3, 0.4) is 0 Å². The highest BCUT2D eigenvalue weighted by Crippen LogP contribution is 2.49. The van der Waals surface area contributed by atoms with E-state index in [0.29, 0.717) is 11.8 Å². The predicted molar refractivity (Wildman–Crippen MR) is 89.8 cm³/mol. The quantitative estimate of drug-likeness (QED) is 0.891. The molecule has 0 saturated heterocycles. The fraction of sp³-hybridized carbons (Fsp3) is 0.222. The van der Waals surface area contributed by atoms with Gasteiger partial charge in [0.05, 0.1) is 11.1 Å². The lowest BCUT2D eigenvalue weighted by Gasteiger charge is -2.40. The number of aryl methyl sites for hydroxylation is 1. The first-order chi connectivity index (χ1) is 12.9. The first kappa shape index (κ1) is 17.1. The monoisotopic (exact) mass is 369 g/mol. The zero-order valence-electron chi connectivity index (χ0n) is 14.1. The number of hydrogen-bond donors (Lipinski definition) is 1. The molecule has 27 heavy (non-hydrogen) atoms. The molecule has 0 fully saturated rings. The Balaban J connectivity index is 2.04. The van der Waals surface area contributed by atoms with Gasteiger partial charge in [-0.25, -0.2) is 13.6 Å². The van der Waals surface area contributed by atoms with Crippen molar-refractivity contribution in [3.63, 3.8) is 0 Å². The third-order valence-corrected chi connectivity index (χ3v) is 5.06. The van der Waals surface area contributed by atoms with Gasteiger partial charge in [-0.15, -0.1) is 10.2 Å². The van der Waals surface area contributed by atoms with Crippen LogP contribution in [-0.2, 0) is 16.6 Å². The Labute approximate surface area is 152 Å². The number of aromatic nitrogens is 1. The topological polar surface area (TPSA) is 99.6 Å². The van der Waals surface area contributed by atoms with Crippen molar-refractivity contribution in [2.24, 2.45) is 20.7 Å². The van der Waals surface area contributed by atoms with Crippen LogP contribution < -0.4 is 0 Å². The van der Waals surface area contributed by atoms with E-state index >= 15 is 0 Å². The highest BCUT2D eigenvalue weighted by atomic mass is 19.1. The minimum atomic E-state index is -2.21. The van der Waals surface area contributed by atoms with Crippen LogP contribution in [0.5, 0.6) is 0 Å². The normalized spacial score (nSPS) is 22.0. The van der Waals surface area contributed by atoms with Crippen LogP contribution >= 0.6 is 0 Å². The van der Waals surface area contributed by atoms with Crippen molar-refractivity contribution < 1.29 is 18.7 Å². The average molecular weight is 369 g/mol. The molecule has 9 heteroatoms. The molecular formula is C18H13F2N5O2. The van der Waals surface area contributed by atoms with Gasteiger partial charge in [-0.05, 0) is 53.1 Å². The van der Waals surface area contributed by atoms with E-state index in [2.05, 4.69) is 25.7 Å². The predicted octanol–water partition coefficient (Wildman–Crippen LogP) is 3.79. The van der Waals surface area contributed by atoms with E-state index in [0.717, 1.165) is 17.2 Å². The van der Waals surface area contributed by atoms with Crippen molar-refractivity contribution in [3.8, 4) is 0 Å². The first-order valence-corrected chi connectivity index (χ1v) is 8.06. The summed E-state index contributed by atoms with van der Waals surface area (Å²) in [7, 11) is 0. The summed E-state index contributed by atoms with van der Waals surface area (Å²) in [6.45, 7) is 1.84. The summed E-state index contributed by atoms with van der Waals surface area (Å²) in [6.07, 6.45) is 4.76. The Kier molecular flexibility index (Phi) is 3.69. The molecule has 2 heterocycles. The lowest BCUT2D eigenvalue weighted by Crippen LogP contribution is -2.55. The summed E-state index contributed by atoms with van der Waals surface area (Å²) < 4.78 is 28.3. The van der Waals surface area contributed by atoms with Crippen LogP contribution in [0, 0.1) is 18.6 Å². The molecule has 1 aliphatic heterocycles. The van der Waals surface area contributed by atoms with Gasteiger partial charge in [0, 0.05) is 17.8 Å². The standard InChI is InChI=1S/C18H13F2N5O2/c1-10-5-7-21-15-4-6-17(9-12(10)15,13-3-2-11(19)8-14(13)20)18(16(26)27)22-24-25-23-18/h2-8H,9H2,1H3,(H,26,27). The molecule has 1 aromatic heterocycles. The number of carbonyl (C=O) groups is 1. The van der Waals surface area contributed by atoms with Crippen LogP contribution in [0.4, 0.5) is 8.78 Å². The Morgan fingerprint density at radius 2 is 1.93 bits per heavy atom. The summed E-state index contributed by atoms with van der Waals surface area (Å²) >= 11 is 0. The minimum absolute atomic E-state index is 0.0331. The molecule has 0 radical (unpaired) electrons. The average Bonchev–Trinajstić information content (AvgIpc) is 3.14. The maximum Gasteiger partial charge on any atom is 0.359 e. The second-order valence-corrected chi connectivity index (χ2v) is 6.45. The Morgan fingerprint density at radius 1 is 1.19 bits per heavy atom. The number of halogens is 2. The second kappa shape index (κ2) is 5.83. The van der Waals surface area contributed by atoms with Crippen molar-refractivity contribution >= 4 is 12.0 Å². The molecule has 1 aliphatic carbocycles. The van der Waals surface area contributed by atoms with Gasteiger partial charge in [0.2, 0.25) is 0 Å². The molecule has 1 N–H and O–H groups in total. The summed E-state index contributed by atoms with van der Waals surface area (Å²) in [5.74, 6) is -3.11. The summed E-state index contributed by atoms with van der Waals surface area (Å²) in [4.78, 5) is 16.5. The van der Waals surface area contributed by atoms with Crippen LogP contribution in [0.1, 0.15) is 22.4 Å². The molecule has 1 unspecified atom stereocenters. The molecule has 2 aromatic rings. The Bertz CT molecular complexity index is 1040. The zero-order valence-corrected chi connectivity index (χ0v) is 14.1. The highest BCUT2D eigenvalue weighted by molar-refractivity contribution is 5.84. The van der Waals surface area contributed by atoms with E-state index < -0.39 is 28.7 Å². The molecule has 136 valence electrons. The van der Waals surface area contributed by atoms with E-state index in [1.54, 1.807) is 18.3 Å². The van der Waals surface area contributed by atoms with Gasteiger partial charge in [0.25, 0.3) is 0 Å². The number of carboxylic acids is 1.